The van der Waals surface area contributed by atoms with E-state index >= 15 is 0 Å². The number of pyridine rings is 1. The maximum Gasteiger partial charge on any atom is 0.408 e. The molecule has 0 spiro atoms. The lowest BCUT2D eigenvalue weighted by Gasteiger charge is -2.33. The van der Waals surface area contributed by atoms with Gasteiger partial charge in [0.25, 0.3) is 0 Å². The Morgan fingerprint density at radius 3 is 2.37 bits per heavy atom. The molecule has 164 valence electrons. The van der Waals surface area contributed by atoms with Gasteiger partial charge in [-0.2, -0.15) is 0 Å². The maximum absolute atomic E-state index is 12.3. The van der Waals surface area contributed by atoms with Gasteiger partial charge in [-0.25, -0.2) is 19.7 Å². The minimum absolute atomic E-state index is 0.171. The van der Waals surface area contributed by atoms with Crippen LogP contribution in [0.2, 0.25) is 5.28 Å². The molecule has 0 fully saturated rings. The maximum atomic E-state index is 12.3. The van der Waals surface area contributed by atoms with Crippen molar-refractivity contribution >= 4 is 17.7 Å². The molecular formula is C22H31ClN4O3. The lowest BCUT2D eigenvalue weighted by Crippen LogP contribution is -2.52. The van der Waals surface area contributed by atoms with E-state index in [0.29, 0.717) is 28.7 Å². The number of halogens is 1. The number of alkyl carbamates (subject to hydrolysis) is 1. The highest BCUT2D eigenvalue weighted by molar-refractivity contribution is 6.28. The van der Waals surface area contributed by atoms with Crippen LogP contribution in [0.25, 0.3) is 11.4 Å². The summed E-state index contributed by atoms with van der Waals surface area (Å²) in [6.07, 6.45) is 1.86. The molecule has 1 atom stereocenters. The number of rotatable bonds is 7. The first-order chi connectivity index (χ1) is 13.9. The van der Waals surface area contributed by atoms with Crippen molar-refractivity contribution in [1.82, 2.24) is 20.3 Å². The van der Waals surface area contributed by atoms with Gasteiger partial charge in [0, 0.05) is 6.20 Å². The van der Waals surface area contributed by atoms with Crippen molar-refractivity contribution < 1.29 is 14.3 Å². The summed E-state index contributed by atoms with van der Waals surface area (Å²) in [5, 5.41) is 3.15. The highest BCUT2D eigenvalue weighted by Gasteiger charge is 2.31. The first kappa shape index (κ1) is 23.9. The van der Waals surface area contributed by atoms with Gasteiger partial charge in [-0.3, -0.25) is 0 Å². The zero-order valence-corrected chi connectivity index (χ0v) is 19.5. The molecule has 0 aliphatic heterocycles. The summed E-state index contributed by atoms with van der Waals surface area (Å²) >= 11 is 5.87. The van der Waals surface area contributed by atoms with E-state index in [2.05, 4.69) is 34.1 Å². The number of carbonyl (C=O) groups is 1. The van der Waals surface area contributed by atoms with Gasteiger partial charge < -0.3 is 14.8 Å². The third-order valence-electron chi connectivity index (χ3n) is 4.13. The van der Waals surface area contributed by atoms with Crippen LogP contribution in [0, 0.1) is 12.8 Å². The molecule has 0 saturated heterocycles. The topological polar surface area (TPSA) is 86.2 Å². The summed E-state index contributed by atoms with van der Waals surface area (Å²) < 4.78 is 11.5. The molecule has 7 nitrogen and oxygen atoms in total. The summed E-state index contributed by atoms with van der Waals surface area (Å²) in [6, 6.07) is 5.41. The fourth-order valence-corrected chi connectivity index (χ4v) is 3.30. The van der Waals surface area contributed by atoms with Gasteiger partial charge in [0.2, 0.25) is 5.28 Å². The molecule has 0 radical (unpaired) electrons. The Kier molecular flexibility index (Phi) is 7.64. The van der Waals surface area contributed by atoms with Crippen LogP contribution in [-0.4, -0.2) is 38.8 Å². The predicted octanol–water partition coefficient (Wildman–Crippen LogP) is 5.21. The second kappa shape index (κ2) is 9.60. The van der Waals surface area contributed by atoms with E-state index in [0.717, 1.165) is 6.42 Å². The molecule has 0 aliphatic carbocycles. The first-order valence-electron chi connectivity index (χ1n) is 9.97. The van der Waals surface area contributed by atoms with E-state index in [1.54, 1.807) is 12.3 Å². The number of amides is 1. The second-order valence-corrected chi connectivity index (χ2v) is 9.40. The van der Waals surface area contributed by atoms with E-state index in [-0.39, 0.29) is 11.9 Å². The molecule has 0 bridgehead atoms. The fraction of sp³-hybridized carbons (Fsp3) is 0.545. The lowest BCUT2D eigenvalue weighted by atomic mass is 9.91. The average molecular weight is 435 g/mol. The average Bonchev–Trinajstić information content (AvgIpc) is 2.58. The fourth-order valence-electron chi connectivity index (χ4n) is 3.16. The summed E-state index contributed by atoms with van der Waals surface area (Å²) in [5.41, 5.74) is 0.874. The van der Waals surface area contributed by atoms with Crippen LogP contribution < -0.4 is 10.1 Å². The largest absolute Gasteiger partial charge is 0.489 e. The number of aromatic nitrogens is 3. The van der Waals surface area contributed by atoms with E-state index in [1.165, 1.54) is 0 Å². The van der Waals surface area contributed by atoms with Crippen molar-refractivity contribution in [3.05, 3.63) is 35.4 Å². The predicted molar refractivity (Wildman–Crippen MR) is 118 cm³/mol. The van der Waals surface area contributed by atoms with E-state index in [9.17, 15) is 4.79 Å². The minimum Gasteiger partial charge on any atom is -0.489 e. The van der Waals surface area contributed by atoms with Crippen LogP contribution in [0.15, 0.2) is 24.4 Å². The Hall–Kier alpha value is -2.41. The monoisotopic (exact) mass is 434 g/mol. The Bertz CT molecular complexity index is 883. The standard InChI is InChI=1S/C22H31ClN4O3/c1-14(2)12-22(7,27-20(28)30-21(4,5)6)13-29-18-9-8-16(25-15(18)3)17-10-11-24-19(23)26-17/h8-11,14H,12-13H2,1-7H3,(H,27,28)/t22-/m0/s1. The zero-order valence-electron chi connectivity index (χ0n) is 18.7. The smallest absolute Gasteiger partial charge is 0.408 e. The third-order valence-corrected chi connectivity index (χ3v) is 4.32. The molecule has 2 heterocycles. The number of aryl methyl sites for hydroxylation is 1. The van der Waals surface area contributed by atoms with Gasteiger partial charge in [0.15, 0.2) is 0 Å². The molecule has 30 heavy (non-hydrogen) atoms. The molecule has 8 heteroatoms. The minimum atomic E-state index is -0.595. The molecule has 2 rings (SSSR count). The molecule has 2 aromatic heterocycles. The summed E-state index contributed by atoms with van der Waals surface area (Å²) in [5.74, 6) is 0.998. The highest BCUT2D eigenvalue weighted by atomic mass is 35.5. The molecule has 0 aliphatic rings. The molecule has 0 aromatic carbocycles. The van der Waals surface area contributed by atoms with Crippen LogP contribution in [-0.2, 0) is 4.74 Å². The summed E-state index contributed by atoms with van der Waals surface area (Å²) in [6.45, 7) is 13.8. The second-order valence-electron chi connectivity index (χ2n) is 9.07. The van der Waals surface area contributed by atoms with Crippen LogP contribution in [0.3, 0.4) is 0 Å². The van der Waals surface area contributed by atoms with Crippen molar-refractivity contribution in [1.29, 1.82) is 0 Å². The van der Waals surface area contributed by atoms with Gasteiger partial charge >= 0.3 is 6.09 Å². The normalized spacial score (nSPS) is 13.6. The third kappa shape index (κ3) is 7.44. The summed E-state index contributed by atoms with van der Waals surface area (Å²) in [4.78, 5) is 25.0. The lowest BCUT2D eigenvalue weighted by molar-refractivity contribution is 0.0407. The Balaban J connectivity index is 2.13. The number of nitrogens with one attached hydrogen (secondary N) is 1. The van der Waals surface area contributed by atoms with Crippen molar-refractivity contribution in [2.75, 3.05) is 6.61 Å². The quantitative estimate of drug-likeness (QED) is 0.602. The van der Waals surface area contributed by atoms with E-state index in [4.69, 9.17) is 21.1 Å². The van der Waals surface area contributed by atoms with E-state index in [1.807, 2.05) is 46.8 Å². The first-order valence-corrected chi connectivity index (χ1v) is 10.4. The van der Waals surface area contributed by atoms with Gasteiger partial charge in [-0.05, 0) is 76.8 Å². The van der Waals surface area contributed by atoms with Gasteiger partial charge in [-0.1, -0.05) is 13.8 Å². The summed E-state index contributed by atoms with van der Waals surface area (Å²) in [7, 11) is 0. The van der Waals surface area contributed by atoms with Crippen LogP contribution in [0.5, 0.6) is 5.75 Å². The molecule has 2 aromatic rings. The molecular weight excluding hydrogens is 404 g/mol. The van der Waals surface area contributed by atoms with Crippen molar-refractivity contribution in [2.24, 2.45) is 5.92 Å². The van der Waals surface area contributed by atoms with Gasteiger partial charge in [-0.15, -0.1) is 0 Å². The molecule has 1 amide bonds. The van der Waals surface area contributed by atoms with Crippen molar-refractivity contribution in [2.45, 2.75) is 66.0 Å². The van der Waals surface area contributed by atoms with Gasteiger partial charge in [0.1, 0.15) is 18.0 Å². The Labute approximate surface area is 183 Å². The number of ether oxygens (including phenoxy) is 2. The molecule has 0 saturated carbocycles. The van der Waals surface area contributed by atoms with Gasteiger partial charge in [0.05, 0.1) is 22.6 Å². The Morgan fingerprint density at radius 1 is 1.13 bits per heavy atom. The van der Waals surface area contributed by atoms with Crippen molar-refractivity contribution in [3.63, 3.8) is 0 Å². The van der Waals surface area contributed by atoms with Crippen LogP contribution in [0.4, 0.5) is 4.79 Å². The highest BCUT2D eigenvalue weighted by Crippen LogP contribution is 2.25. The molecule has 1 N–H and O–H groups in total. The Morgan fingerprint density at radius 2 is 1.80 bits per heavy atom. The van der Waals surface area contributed by atoms with E-state index < -0.39 is 17.2 Å². The van der Waals surface area contributed by atoms with Crippen LogP contribution in [0.1, 0.15) is 53.7 Å². The molecule has 0 unspecified atom stereocenters. The number of hydrogen-bond acceptors (Lipinski definition) is 6. The number of nitrogens with zero attached hydrogens (tertiary/aromatic N) is 3. The van der Waals surface area contributed by atoms with Crippen molar-refractivity contribution in [3.8, 4) is 17.1 Å². The zero-order chi connectivity index (χ0) is 22.5. The number of carbonyl (C=O) groups excluding carboxylic acids is 1. The number of hydrogen-bond donors (Lipinski definition) is 1. The SMILES string of the molecule is Cc1nc(-c2ccnc(Cl)n2)ccc1OC[C@](C)(CC(C)C)NC(=O)OC(C)(C)C. The van der Waals surface area contributed by atoms with Crippen LogP contribution >= 0.6 is 11.6 Å².